The molecule has 196 valence electrons. The molecule has 0 radical (unpaired) electrons. The van der Waals surface area contributed by atoms with E-state index >= 15 is 0 Å². The fraction of sp³-hybridized carbons (Fsp3) is 0.321. The maximum Gasteiger partial charge on any atom is 0.340 e. The smallest absolute Gasteiger partial charge is 0.340 e. The molecule has 9 heteroatoms. The minimum absolute atomic E-state index is 0.170. The van der Waals surface area contributed by atoms with E-state index < -0.39 is 11.9 Å². The van der Waals surface area contributed by atoms with Gasteiger partial charge in [0.05, 0.1) is 46.8 Å². The van der Waals surface area contributed by atoms with E-state index in [0.717, 1.165) is 5.56 Å². The first-order chi connectivity index (χ1) is 17.7. The maximum atomic E-state index is 13.1. The summed E-state index contributed by atoms with van der Waals surface area (Å²) in [5.41, 5.74) is 2.97. The molecule has 0 bridgehead atoms. The Labute approximate surface area is 230 Å². The summed E-state index contributed by atoms with van der Waals surface area (Å²) in [6.07, 6.45) is 0. The van der Waals surface area contributed by atoms with Gasteiger partial charge in [0.2, 0.25) is 0 Å². The van der Waals surface area contributed by atoms with Crippen LogP contribution >= 0.6 is 27.5 Å². The zero-order chi connectivity index (χ0) is 27.1. The highest BCUT2D eigenvalue weighted by Crippen LogP contribution is 2.43. The van der Waals surface area contributed by atoms with Crippen LogP contribution < -0.4 is 9.47 Å². The van der Waals surface area contributed by atoms with Gasteiger partial charge in [-0.1, -0.05) is 29.8 Å². The molecule has 0 aliphatic carbocycles. The number of esters is 2. The van der Waals surface area contributed by atoms with Gasteiger partial charge in [-0.05, 0) is 74.3 Å². The molecule has 0 aliphatic heterocycles. The van der Waals surface area contributed by atoms with Crippen LogP contribution in [0.2, 0.25) is 5.02 Å². The Morgan fingerprint density at radius 3 is 2.03 bits per heavy atom. The van der Waals surface area contributed by atoms with Crippen molar-refractivity contribution in [3.05, 3.63) is 74.0 Å². The van der Waals surface area contributed by atoms with Gasteiger partial charge in [-0.25, -0.2) is 9.59 Å². The first-order valence-electron chi connectivity index (χ1n) is 11.9. The topological polar surface area (TPSA) is 84.0 Å². The van der Waals surface area contributed by atoms with Crippen LogP contribution in [0.5, 0.6) is 11.5 Å². The van der Waals surface area contributed by atoms with E-state index in [1.54, 1.807) is 45.9 Å². The number of aryl methyl sites for hydroxylation is 2. The highest BCUT2D eigenvalue weighted by Gasteiger charge is 2.29. The minimum atomic E-state index is -0.582. The number of carbonyl (C=O) groups excluding carboxylic acids is 2. The van der Waals surface area contributed by atoms with Crippen molar-refractivity contribution in [1.82, 2.24) is 4.98 Å². The van der Waals surface area contributed by atoms with Crippen LogP contribution in [0.15, 0.2) is 40.9 Å². The van der Waals surface area contributed by atoms with Crippen molar-refractivity contribution < 1.29 is 28.5 Å². The molecule has 1 aromatic heterocycles. The van der Waals surface area contributed by atoms with E-state index in [1.165, 1.54) is 0 Å². The Bertz CT molecular complexity index is 1270. The third-order valence-corrected chi connectivity index (χ3v) is 6.40. The van der Waals surface area contributed by atoms with Crippen LogP contribution in [-0.2, 0) is 16.1 Å². The highest BCUT2D eigenvalue weighted by molar-refractivity contribution is 9.10. The SMILES string of the molecule is CCOC(=O)c1c(C)nc(C)c(C(=O)OCC)c1-c1cc(Br)c(OCc2ccccc2Cl)c(OCC)c1. The molecule has 37 heavy (non-hydrogen) atoms. The van der Waals surface area contributed by atoms with Crippen molar-refractivity contribution in [2.45, 2.75) is 41.2 Å². The van der Waals surface area contributed by atoms with Crippen molar-refractivity contribution >= 4 is 39.5 Å². The van der Waals surface area contributed by atoms with Gasteiger partial charge in [0.25, 0.3) is 0 Å². The highest BCUT2D eigenvalue weighted by atomic mass is 79.9. The lowest BCUT2D eigenvalue weighted by molar-refractivity contribution is 0.0525. The van der Waals surface area contributed by atoms with Gasteiger partial charge in [-0.3, -0.25) is 4.98 Å². The summed E-state index contributed by atoms with van der Waals surface area (Å²) in [6.45, 7) is 9.62. The Hall–Kier alpha value is -3.10. The van der Waals surface area contributed by atoms with Crippen molar-refractivity contribution in [3.8, 4) is 22.6 Å². The number of pyridine rings is 1. The van der Waals surface area contributed by atoms with E-state index in [0.29, 0.717) is 50.1 Å². The van der Waals surface area contributed by atoms with Crippen molar-refractivity contribution in [2.75, 3.05) is 19.8 Å². The molecule has 0 N–H and O–H groups in total. The number of ether oxygens (including phenoxy) is 4. The largest absolute Gasteiger partial charge is 0.490 e. The summed E-state index contributed by atoms with van der Waals surface area (Å²) in [7, 11) is 0. The van der Waals surface area contributed by atoms with Crippen LogP contribution in [0, 0.1) is 13.8 Å². The number of rotatable bonds is 10. The van der Waals surface area contributed by atoms with Crippen LogP contribution in [0.4, 0.5) is 0 Å². The van der Waals surface area contributed by atoms with Crippen LogP contribution in [-0.4, -0.2) is 36.7 Å². The molecule has 3 rings (SSSR count). The van der Waals surface area contributed by atoms with Gasteiger partial charge >= 0.3 is 11.9 Å². The third-order valence-electron chi connectivity index (χ3n) is 5.45. The van der Waals surface area contributed by atoms with E-state index in [1.807, 2.05) is 25.1 Å². The molecule has 1 heterocycles. The second kappa shape index (κ2) is 12.9. The molecule has 0 atom stereocenters. The van der Waals surface area contributed by atoms with Crippen molar-refractivity contribution in [3.63, 3.8) is 0 Å². The number of aromatic nitrogens is 1. The number of carbonyl (C=O) groups is 2. The molecule has 0 unspecified atom stereocenters. The summed E-state index contributed by atoms with van der Waals surface area (Å²) in [5, 5.41) is 0.592. The number of benzene rings is 2. The predicted octanol–water partition coefficient (Wildman–Crippen LogP) is 7.11. The van der Waals surface area contributed by atoms with E-state index in [-0.39, 0.29) is 30.9 Å². The lowest BCUT2D eigenvalue weighted by Crippen LogP contribution is -2.17. The van der Waals surface area contributed by atoms with E-state index in [2.05, 4.69) is 20.9 Å². The number of hydrogen-bond donors (Lipinski definition) is 0. The fourth-order valence-electron chi connectivity index (χ4n) is 3.93. The quantitative estimate of drug-likeness (QED) is 0.233. The number of nitrogens with zero attached hydrogens (tertiary/aromatic N) is 1. The fourth-order valence-corrected chi connectivity index (χ4v) is 4.67. The number of halogens is 2. The van der Waals surface area contributed by atoms with Gasteiger partial charge in [0.1, 0.15) is 6.61 Å². The van der Waals surface area contributed by atoms with E-state index in [9.17, 15) is 9.59 Å². The molecule has 0 saturated heterocycles. The zero-order valence-corrected chi connectivity index (χ0v) is 23.8. The first kappa shape index (κ1) is 28.5. The normalized spacial score (nSPS) is 10.7. The molecule has 0 fully saturated rings. The second-order valence-corrected chi connectivity index (χ2v) is 9.21. The molecule has 0 amide bonds. The lowest BCUT2D eigenvalue weighted by Gasteiger charge is -2.20. The summed E-state index contributed by atoms with van der Waals surface area (Å²) in [6, 6.07) is 10.9. The Morgan fingerprint density at radius 1 is 0.892 bits per heavy atom. The number of hydrogen-bond acceptors (Lipinski definition) is 7. The lowest BCUT2D eigenvalue weighted by atomic mass is 9.92. The molecule has 3 aromatic rings. The predicted molar refractivity (Wildman–Crippen MR) is 146 cm³/mol. The van der Waals surface area contributed by atoms with Crippen LogP contribution in [0.1, 0.15) is 58.4 Å². The summed E-state index contributed by atoms with van der Waals surface area (Å²) in [5.74, 6) is -0.276. The van der Waals surface area contributed by atoms with Gasteiger partial charge in [-0.2, -0.15) is 0 Å². The molecule has 0 spiro atoms. The Morgan fingerprint density at radius 2 is 1.49 bits per heavy atom. The molecule has 0 saturated carbocycles. The monoisotopic (exact) mass is 589 g/mol. The molecular weight excluding hydrogens is 562 g/mol. The first-order valence-corrected chi connectivity index (χ1v) is 13.1. The summed E-state index contributed by atoms with van der Waals surface area (Å²) in [4.78, 5) is 30.6. The van der Waals surface area contributed by atoms with Crippen LogP contribution in [0.25, 0.3) is 11.1 Å². The Kier molecular flexibility index (Phi) is 9.94. The molecule has 7 nitrogen and oxygen atoms in total. The second-order valence-electron chi connectivity index (χ2n) is 7.95. The average molecular weight is 591 g/mol. The van der Waals surface area contributed by atoms with Gasteiger partial charge in [-0.15, -0.1) is 0 Å². The standard InChI is InChI=1S/C28H29BrClNO6/c1-6-34-22-14-19(13-20(29)26(22)37-15-18-11-9-10-12-21(18)30)25-23(27(32)35-7-2)16(4)31-17(5)24(25)28(33)36-8-3/h9-14H,6-8,15H2,1-5H3. The molecule has 2 aromatic carbocycles. The molecule has 0 aliphatic rings. The van der Waals surface area contributed by atoms with Crippen molar-refractivity contribution in [1.29, 1.82) is 0 Å². The third kappa shape index (κ3) is 6.43. The van der Waals surface area contributed by atoms with Gasteiger partial charge < -0.3 is 18.9 Å². The Balaban J connectivity index is 2.23. The van der Waals surface area contributed by atoms with Crippen molar-refractivity contribution in [2.24, 2.45) is 0 Å². The maximum absolute atomic E-state index is 13.1. The summed E-state index contributed by atoms with van der Waals surface area (Å²) >= 11 is 9.89. The minimum Gasteiger partial charge on any atom is -0.490 e. The van der Waals surface area contributed by atoms with Gasteiger partial charge in [0.15, 0.2) is 11.5 Å². The molecular formula is C28H29BrClNO6. The zero-order valence-electron chi connectivity index (χ0n) is 21.4. The van der Waals surface area contributed by atoms with E-state index in [4.69, 9.17) is 30.5 Å². The summed E-state index contributed by atoms with van der Waals surface area (Å²) < 4.78 is 23.2. The van der Waals surface area contributed by atoms with Gasteiger partial charge in [0, 0.05) is 16.1 Å². The average Bonchev–Trinajstić information content (AvgIpc) is 2.84. The van der Waals surface area contributed by atoms with Crippen LogP contribution in [0.3, 0.4) is 0 Å².